The van der Waals surface area contributed by atoms with Gasteiger partial charge in [-0.25, -0.2) is 8.78 Å². The predicted molar refractivity (Wildman–Crippen MR) is 63.3 cm³/mol. The van der Waals surface area contributed by atoms with Gasteiger partial charge in [0.15, 0.2) is 0 Å². The first-order valence-corrected chi connectivity index (χ1v) is 5.36. The van der Waals surface area contributed by atoms with E-state index in [4.69, 9.17) is 0 Å². The van der Waals surface area contributed by atoms with Gasteiger partial charge in [0.25, 0.3) is 0 Å². The Balaban J connectivity index is 2.20. The Kier molecular flexibility index (Phi) is 2.29. The monoisotopic (exact) mass is 227 g/mol. The zero-order valence-corrected chi connectivity index (χ0v) is 8.95. The van der Waals surface area contributed by atoms with E-state index in [1.165, 1.54) is 18.2 Å². The number of hydrogen-bond acceptors (Lipinski definition) is 0. The fourth-order valence-corrected chi connectivity index (χ4v) is 2.12. The van der Waals surface area contributed by atoms with E-state index in [1.807, 2.05) is 30.7 Å². The van der Waals surface area contributed by atoms with E-state index in [0.717, 1.165) is 11.1 Å². The van der Waals surface area contributed by atoms with E-state index >= 15 is 0 Å². The lowest BCUT2D eigenvalue weighted by Crippen LogP contribution is -1.95. The summed E-state index contributed by atoms with van der Waals surface area (Å²) < 4.78 is 27.4. The molecule has 0 spiro atoms. The number of halogens is 2. The van der Waals surface area contributed by atoms with Crippen LogP contribution in [0.3, 0.4) is 0 Å². The molecule has 0 nitrogen and oxygen atoms in total. The average Bonchev–Trinajstić information content (AvgIpc) is 2.73. The van der Waals surface area contributed by atoms with E-state index in [2.05, 4.69) is 0 Å². The molecule has 0 unspecified atom stereocenters. The highest BCUT2D eigenvalue weighted by Gasteiger charge is 2.20. The van der Waals surface area contributed by atoms with Gasteiger partial charge >= 0.3 is 0 Å². The topological polar surface area (TPSA) is 0 Å². The van der Waals surface area contributed by atoms with Crippen molar-refractivity contribution < 1.29 is 8.78 Å². The molecule has 0 heterocycles. The third-order valence-electron chi connectivity index (χ3n) is 2.91. The summed E-state index contributed by atoms with van der Waals surface area (Å²) in [5.74, 6) is -1.05. The second-order valence-corrected chi connectivity index (χ2v) is 3.93. The van der Waals surface area contributed by atoms with Crippen LogP contribution >= 0.6 is 0 Å². The first kappa shape index (κ1) is 10.2. The quantitative estimate of drug-likeness (QED) is 0.691. The van der Waals surface area contributed by atoms with Crippen LogP contribution < -0.4 is 0 Å². The molecule has 0 aliphatic heterocycles. The molecular weight excluding hydrogens is 218 g/mol. The molecule has 1 aliphatic carbocycles. The molecule has 0 aromatic heterocycles. The minimum absolute atomic E-state index is 0.0497. The van der Waals surface area contributed by atoms with Crippen molar-refractivity contribution in [1.82, 2.24) is 0 Å². The zero-order valence-electron chi connectivity index (χ0n) is 8.95. The summed E-state index contributed by atoms with van der Waals surface area (Å²) in [7, 11) is 0. The van der Waals surface area contributed by atoms with Gasteiger partial charge in [-0.15, -0.1) is 0 Å². The summed E-state index contributed by atoms with van der Waals surface area (Å²) in [5, 5.41) is 0. The Morgan fingerprint density at radius 3 is 2.24 bits per heavy atom. The lowest BCUT2D eigenvalue weighted by Gasteiger charge is -2.08. The smallest absolute Gasteiger partial charge is 0.133 e. The maximum Gasteiger partial charge on any atom is 0.133 e. The van der Waals surface area contributed by atoms with Crippen molar-refractivity contribution >= 4 is 5.57 Å². The van der Waals surface area contributed by atoms with Crippen LogP contribution in [0.1, 0.15) is 16.7 Å². The zero-order chi connectivity index (χ0) is 11.8. The lowest BCUT2D eigenvalue weighted by molar-refractivity contribution is 0.577. The molecule has 2 aromatic carbocycles. The number of rotatable bonds is 1. The van der Waals surface area contributed by atoms with E-state index < -0.39 is 11.6 Å². The molecule has 17 heavy (non-hydrogen) atoms. The van der Waals surface area contributed by atoms with E-state index in [0.29, 0.717) is 5.57 Å². The predicted octanol–water partition coefficient (Wildman–Crippen LogP) is 3.96. The van der Waals surface area contributed by atoms with Crippen molar-refractivity contribution in [3.8, 4) is 0 Å². The third kappa shape index (κ3) is 1.57. The average molecular weight is 227 g/mol. The van der Waals surface area contributed by atoms with Gasteiger partial charge in [0.2, 0.25) is 0 Å². The van der Waals surface area contributed by atoms with Gasteiger partial charge in [0.1, 0.15) is 11.6 Å². The van der Waals surface area contributed by atoms with Crippen LogP contribution in [0, 0.1) is 18.1 Å². The van der Waals surface area contributed by atoms with E-state index in [-0.39, 0.29) is 5.56 Å². The van der Waals surface area contributed by atoms with Crippen LogP contribution in [0.4, 0.5) is 8.78 Å². The first-order valence-electron chi connectivity index (χ1n) is 5.36. The second-order valence-electron chi connectivity index (χ2n) is 3.93. The van der Waals surface area contributed by atoms with Gasteiger partial charge in [0.05, 0.1) is 5.56 Å². The molecule has 2 heteroatoms. The van der Waals surface area contributed by atoms with Gasteiger partial charge in [-0.05, 0) is 28.8 Å². The molecule has 3 rings (SSSR count). The van der Waals surface area contributed by atoms with Gasteiger partial charge in [-0.2, -0.15) is 0 Å². The van der Waals surface area contributed by atoms with Crippen molar-refractivity contribution in [2.24, 2.45) is 0 Å². The molecule has 0 bridgehead atoms. The van der Waals surface area contributed by atoms with Gasteiger partial charge in [-0.1, -0.05) is 36.4 Å². The van der Waals surface area contributed by atoms with Gasteiger partial charge in [-0.3, -0.25) is 0 Å². The molecule has 83 valence electrons. The molecule has 0 saturated heterocycles. The van der Waals surface area contributed by atoms with Crippen molar-refractivity contribution in [2.75, 3.05) is 0 Å². The molecular formula is C15H9F2. The highest BCUT2D eigenvalue weighted by atomic mass is 19.1. The fraction of sp³-hybridized carbons (Fsp3) is 0. The molecule has 2 aromatic rings. The molecule has 0 atom stereocenters. The van der Waals surface area contributed by atoms with Crippen LogP contribution in [0.5, 0.6) is 0 Å². The molecule has 0 N–H and O–H groups in total. The van der Waals surface area contributed by atoms with Crippen molar-refractivity contribution in [3.05, 3.63) is 83.3 Å². The highest BCUT2D eigenvalue weighted by Crippen LogP contribution is 2.35. The van der Waals surface area contributed by atoms with Crippen molar-refractivity contribution in [2.45, 2.75) is 0 Å². The molecule has 1 radical (unpaired) electrons. The largest absolute Gasteiger partial charge is 0.206 e. The fourth-order valence-electron chi connectivity index (χ4n) is 2.12. The minimum atomic E-state index is -0.527. The SMILES string of the molecule is Fc1cccc(F)c1C1=C[CH]c2ccccc21. The van der Waals surface area contributed by atoms with Crippen LogP contribution in [0.15, 0.2) is 48.5 Å². The molecule has 0 amide bonds. The first-order chi connectivity index (χ1) is 8.27. The van der Waals surface area contributed by atoms with Crippen LogP contribution in [0.2, 0.25) is 0 Å². The number of hydrogen-bond donors (Lipinski definition) is 0. The maximum absolute atomic E-state index is 13.7. The standard InChI is InChI=1S/C15H9F2/c16-13-6-3-7-14(17)15(13)12-9-8-10-4-1-2-5-11(10)12/h1-9H. The maximum atomic E-state index is 13.7. The summed E-state index contributed by atoms with van der Waals surface area (Å²) in [5.41, 5.74) is 2.52. The summed E-state index contributed by atoms with van der Waals surface area (Å²) in [4.78, 5) is 0. The summed E-state index contributed by atoms with van der Waals surface area (Å²) in [6, 6.07) is 11.5. The number of allylic oxidation sites excluding steroid dienone is 1. The second kappa shape index (κ2) is 3.81. The van der Waals surface area contributed by atoms with Crippen LogP contribution in [0.25, 0.3) is 5.57 Å². The van der Waals surface area contributed by atoms with Crippen molar-refractivity contribution in [3.63, 3.8) is 0 Å². The molecule has 0 saturated carbocycles. The Morgan fingerprint density at radius 2 is 1.47 bits per heavy atom. The Bertz CT molecular complexity index is 592. The Labute approximate surface area is 98.2 Å². The van der Waals surface area contributed by atoms with E-state index in [9.17, 15) is 8.78 Å². The third-order valence-corrected chi connectivity index (χ3v) is 2.91. The Morgan fingerprint density at radius 1 is 0.765 bits per heavy atom. The van der Waals surface area contributed by atoms with Crippen LogP contribution in [-0.4, -0.2) is 0 Å². The van der Waals surface area contributed by atoms with Crippen LogP contribution in [-0.2, 0) is 0 Å². The number of benzene rings is 2. The van der Waals surface area contributed by atoms with E-state index in [1.54, 1.807) is 6.08 Å². The van der Waals surface area contributed by atoms with Gasteiger partial charge < -0.3 is 0 Å². The number of fused-ring (bicyclic) bond motifs is 1. The minimum Gasteiger partial charge on any atom is -0.206 e. The summed E-state index contributed by atoms with van der Waals surface area (Å²) in [6.07, 6.45) is 3.63. The molecule has 1 aliphatic rings. The molecule has 0 fully saturated rings. The lowest BCUT2D eigenvalue weighted by atomic mass is 9.98. The summed E-state index contributed by atoms with van der Waals surface area (Å²) >= 11 is 0. The van der Waals surface area contributed by atoms with Gasteiger partial charge in [0, 0.05) is 6.42 Å². The van der Waals surface area contributed by atoms with Crippen molar-refractivity contribution in [1.29, 1.82) is 0 Å². The Hall–Kier alpha value is -1.96. The highest BCUT2D eigenvalue weighted by molar-refractivity contribution is 5.87. The normalized spacial score (nSPS) is 13.4. The summed E-state index contributed by atoms with van der Waals surface area (Å²) in [6.45, 7) is 0.